The Morgan fingerprint density at radius 2 is 1.84 bits per heavy atom. The van der Waals surface area contributed by atoms with Crippen molar-refractivity contribution in [2.45, 2.75) is 33.6 Å². The third kappa shape index (κ3) is 5.35. The number of benzene rings is 2. The second-order valence-corrected chi connectivity index (χ2v) is 7.80. The highest BCUT2D eigenvalue weighted by molar-refractivity contribution is 6.04. The lowest BCUT2D eigenvalue weighted by atomic mass is 9.80. The minimum absolute atomic E-state index is 0.293. The van der Waals surface area contributed by atoms with Crippen molar-refractivity contribution in [2.24, 2.45) is 10.6 Å². The summed E-state index contributed by atoms with van der Waals surface area (Å²) >= 11 is 0. The molecular formula is C25H28N2O5. The maximum atomic E-state index is 11.8. The van der Waals surface area contributed by atoms with Crippen molar-refractivity contribution < 1.29 is 23.9 Å². The summed E-state index contributed by atoms with van der Waals surface area (Å²) in [6.07, 6.45) is 0.912. The Balaban J connectivity index is 1.59. The molecule has 7 nitrogen and oxygen atoms in total. The van der Waals surface area contributed by atoms with Gasteiger partial charge in [0.2, 0.25) is 5.89 Å². The van der Waals surface area contributed by atoms with Gasteiger partial charge in [0.1, 0.15) is 24.0 Å². The number of hydrogen-bond acceptors (Lipinski definition) is 6. The Morgan fingerprint density at radius 1 is 1.16 bits per heavy atom. The van der Waals surface area contributed by atoms with Crippen LogP contribution in [-0.2, 0) is 22.5 Å². The van der Waals surface area contributed by atoms with Crippen LogP contribution in [0.25, 0.3) is 11.5 Å². The van der Waals surface area contributed by atoms with Crippen LogP contribution in [0.4, 0.5) is 0 Å². The van der Waals surface area contributed by atoms with Gasteiger partial charge in [0.05, 0.1) is 18.0 Å². The van der Waals surface area contributed by atoms with E-state index in [9.17, 15) is 9.90 Å². The number of hydrogen-bond donors (Lipinski definition) is 1. The third-order valence-electron chi connectivity index (χ3n) is 5.50. The molecule has 0 aliphatic carbocycles. The van der Waals surface area contributed by atoms with E-state index in [0.717, 1.165) is 22.6 Å². The van der Waals surface area contributed by atoms with Crippen LogP contribution in [0.3, 0.4) is 0 Å². The maximum Gasteiger partial charge on any atom is 0.315 e. The molecule has 0 radical (unpaired) electrons. The zero-order chi connectivity index (χ0) is 23.1. The molecular weight excluding hydrogens is 408 g/mol. The second kappa shape index (κ2) is 10.1. The number of carboxylic acid groups (broad SMARTS) is 1. The van der Waals surface area contributed by atoms with Gasteiger partial charge in [-0.2, -0.15) is 0 Å². The molecule has 3 rings (SSSR count). The molecule has 0 saturated carbocycles. The first kappa shape index (κ1) is 23.1. The van der Waals surface area contributed by atoms with Crippen molar-refractivity contribution in [3.8, 4) is 17.2 Å². The molecule has 0 bridgehead atoms. The number of carbonyl (C=O) groups is 1. The molecule has 1 aromatic heterocycles. The first-order chi connectivity index (χ1) is 15.3. The van der Waals surface area contributed by atoms with Crippen molar-refractivity contribution in [2.75, 3.05) is 13.7 Å². The summed E-state index contributed by atoms with van der Waals surface area (Å²) in [4.78, 5) is 21.2. The number of aliphatic carboxylic acids is 1. The first-order valence-electron chi connectivity index (χ1n) is 10.4. The third-order valence-corrected chi connectivity index (χ3v) is 5.50. The van der Waals surface area contributed by atoms with E-state index in [4.69, 9.17) is 14.0 Å². The van der Waals surface area contributed by atoms with E-state index in [0.29, 0.717) is 36.8 Å². The molecule has 2 aromatic carbocycles. The first-order valence-corrected chi connectivity index (χ1v) is 10.4. The normalized spacial score (nSPS) is 13.4. The number of nitrogens with zero attached hydrogens (tertiary/aromatic N) is 2. The van der Waals surface area contributed by atoms with Crippen molar-refractivity contribution in [3.63, 3.8) is 0 Å². The van der Waals surface area contributed by atoms with Crippen molar-refractivity contribution in [1.82, 2.24) is 4.98 Å². The molecule has 0 spiro atoms. The summed E-state index contributed by atoms with van der Waals surface area (Å²) in [6, 6.07) is 17.2. The number of aromatic nitrogens is 1. The Morgan fingerprint density at radius 3 is 2.47 bits per heavy atom. The molecule has 0 aliphatic heterocycles. The van der Waals surface area contributed by atoms with Gasteiger partial charge < -0.3 is 19.1 Å². The van der Waals surface area contributed by atoms with Crippen LogP contribution in [-0.4, -0.2) is 35.5 Å². The van der Waals surface area contributed by atoms with Crippen molar-refractivity contribution in [1.29, 1.82) is 0 Å². The molecule has 1 unspecified atom stereocenters. The SMILES string of the molecule is CON=C(C)C(C)(Cc1ccc(OCCc2nc(-c3ccccc3)oc2C)cc1)C(=O)O. The Labute approximate surface area is 187 Å². The van der Waals surface area contributed by atoms with Crippen LogP contribution in [0, 0.1) is 12.3 Å². The minimum Gasteiger partial charge on any atom is -0.493 e. The number of oxazole rings is 1. The second-order valence-electron chi connectivity index (χ2n) is 7.80. The topological polar surface area (TPSA) is 94.2 Å². The van der Waals surface area contributed by atoms with Gasteiger partial charge in [0.25, 0.3) is 0 Å². The number of carboxylic acids is 1. The van der Waals surface area contributed by atoms with Gasteiger partial charge in [0.15, 0.2) is 0 Å². The van der Waals surface area contributed by atoms with E-state index in [1.54, 1.807) is 13.8 Å². The highest BCUT2D eigenvalue weighted by Gasteiger charge is 2.37. The Kier molecular flexibility index (Phi) is 7.30. The Bertz CT molecular complexity index is 1070. The lowest BCUT2D eigenvalue weighted by Gasteiger charge is -2.24. The zero-order valence-electron chi connectivity index (χ0n) is 18.8. The summed E-state index contributed by atoms with van der Waals surface area (Å²) in [6.45, 7) is 5.65. The fraction of sp³-hybridized carbons (Fsp3) is 0.320. The average Bonchev–Trinajstić information content (AvgIpc) is 3.16. The lowest BCUT2D eigenvalue weighted by Crippen LogP contribution is -2.37. The molecule has 0 aliphatic rings. The molecule has 7 heteroatoms. The molecule has 0 amide bonds. The molecule has 1 N–H and O–H groups in total. The smallest absolute Gasteiger partial charge is 0.315 e. The van der Waals surface area contributed by atoms with E-state index < -0.39 is 11.4 Å². The molecule has 1 heterocycles. The summed E-state index contributed by atoms with van der Waals surface area (Å²) in [5.41, 5.74) is 1.93. The number of ether oxygens (including phenoxy) is 1. The maximum absolute atomic E-state index is 11.8. The van der Waals surface area contributed by atoms with E-state index >= 15 is 0 Å². The standard InChI is InChI=1S/C25H28N2O5/c1-17-22(26-23(32-17)20-8-6-5-7-9-20)14-15-31-21-12-10-19(11-13-21)16-25(3,24(28)29)18(2)27-30-4/h5-13H,14-16H2,1-4H3,(H,28,29). The quantitative estimate of drug-likeness (QED) is 0.358. The summed E-state index contributed by atoms with van der Waals surface area (Å²) in [5, 5.41) is 13.5. The largest absolute Gasteiger partial charge is 0.493 e. The van der Waals surface area contributed by atoms with Gasteiger partial charge in [-0.1, -0.05) is 35.5 Å². The minimum atomic E-state index is -1.15. The average molecular weight is 437 g/mol. The summed E-state index contributed by atoms with van der Waals surface area (Å²) < 4.78 is 11.6. The van der Waals surface area contributed by atoms with E-state index in [1.165, 1.54) is 7.11 Å². The van der Waals surface area contributed by atoms with Gasteiger partial charge in [-0.3, -0.25) is 4.79 Å². The number of rotatable bonds is 10. The lowest BCUT2D eigenvalue weighted by molar-refractivity contribution is -0.144. The summed E-state index contributed by atoms with van der Waals surface area (Å²) in [5.74, 6) is 1.14. The molecule has 0 saturated heterocycles. The van der Waals surface area contributed by atoms with E-state index in [-0.39, 0.29) is 0 Å². The van der Waals surface area contributed by atoms with Gasteiger partial charge in [-0.05, 0) is 57.0 Å². The molecule has 32 heavy (non-hydrogen) atoms. The fourth-order valence-electron chi connectivity index (χ4n) is 3.34. The zero-order valence-corrected chi connectivity index (χ0v) is 18.8. The van der Waals surface area contributed by atoms with Crippen LogP contribution in [0.15, 0.2) is 64.2 Å². The number of oxime groups is 1. The van der Waals surface area contributed by atoms with Gasteiger partial charge in [-0.25, -0.2) is 4.98 Å². The highest BCUT2D eigenvalue weighted by Crippen LogP contribution is 2.27. The van der Waals surface area contributed by atoms with Crippen LogP contribution >= 0.6 is 0 Å². The van der Waals surface area contributed by atoms with Crippen molar-refractivity contribution in [3.05, 3.63) is 71.6 Å². The van der Waals surface area contributed by atoms with Crippen molar-refractivity contribution >= 4 is 11.7 Å². The van der Waals surface area contributed by atoms with E-state index in [1.807, 2.05) is 61.5 Å². The van der Waals surface area contributed by atoms with Gasteiger partial charge >= 0.3 is 5.97 Å². The predicted molar refractivity (Wildman–Crippen MR) is 122 cm³/mol. The van der Waals surface area contributed by atoms with E-state index in [2.05, 4.69) is 10.1 Å². The van der Waals surface area contributed by atoms with Gasteiger partial charge in [-0.15, -0.1) is 0 Å². The van der Waals surface area contributed by atoms with Crippen LogP contribution in [0.5, 0.6) is 5.75 Å². The highest BCUT2D eigenvalue weighted by atomic mass is 16.6. The molecule has 3 aromatic rings. The van der Waals surface area contributed by atoms with Gasteiger partial charge in [0, 0.05) is 12.0 Å². The molecule has 168 valence electrons. The Hall–Kier alpha value is -3.61. The van der Waals surface area contributed by atoms with Crippen LogP contribution < -0.4 is 4.74 Å². The fourth-order valence-corrected chi connectivity index (χ4v) is 3.34. The summed E-state index contributed by atoms with van der Waals surface area (Å²) in [7, 11) is 1.40. The van der Waals surface area contributed by atoms with Crippen LogP contribution in [0.2, 0.25) is 0 Å². The van der Waals surface area contributed by atoms with Crippen LogP contribution in [0.1, 0.15) is 30.9 Å². The monoisotopic (exact) mass is 436 g/mol. The molecule has 0 fully saturated rings. The number of aryl methyl sites for hydroxylation is 1. The molecule has 1 atom stereocenters. The predicted octanol–water partition coefficient (Wildman–Crippen LogP) is 4.93.